The molecule has 1 aromatic rings. The maximum Gasteiger partial charge on any atom is 0.337 e. The normalized spacial score (nSPS) is 9.64. The highest BCUT2D eigenvalue weighted by Gasteiger charge is 2.08. The number of nitrogens with zero attached hydrogens (tertiary/aromatic N) is 1. The molecule has 0 aliphatic rings. The van der Waals surface area contributed by atoms with Crippen LogP contribution in [0, 0.1) is 0 Å². The van der Waals surface area contributed by atoms with E-state index in [0.717, 1.165) is 0 Å². The van der Waals surface area contributed by atoms with Crippen LogP contribution in [0.2, 0.25) is 5.02 Å². The van der Waals surface area contributed by atoms with Gasteiger partial charge in [0.2, 0.25) is 0 Å². The molecule has 1 N–H and O–H groups in total. The molecule has 1 heterocycles. The Labute approximate surface area is 76.1 Å². The van der Waals surface area contributed by atoms with E-state index in [0.29, 0.717) is 4.60 Å². The van der Waals surface area contributed by atoms with Crippen molar-refractivity contribution in [2.45, 2.75) is 0 Å². The van der Waals surface area contributed by atoms with Crippen molar-refractivity contribution in [3.63, 3.8) is 0 Å². The SMILES string of the molecule is O=C(O)c1cc(Br)ncc1Cl. The zero-order valence-corrected chi connectivity index (χ0v) is 7.56. The van der Waals surface area contributed by atoms with Gasteiger partial charge in [0.1, 0.15) is 4.60 Å². The number of aromatic carboxylic acids is 1. The lowest BCUT2D eigenvalue weighted by Gasteiger charge is -1.96. The van der Waals surface area contributed by atoms with Gasteiger partial charge in [-0.15, -0.1) is 0 Å². The number of carboxylic acid groups (broad SMARTS) is 1. The Kier molecular flexibility index (Phi) is 2.46. The molecular weight excluding hydrogens is 233 g/mol. The minimum atomic E-state index is -1.06. The van der Waals surface area contributed by atoms with E-state index in [1.165, 1.54) is 12.3 Å². The summed E-state index contributed by atoms with van der Waals surface area (Å²) in [5.74, 6) is -1.06. The van der Waals surface area contributed by atoms with Crippen molar-refractivity contribution < 1.29 is 9.90 Å². The molecular formula is C6H3BrClNO2. The Morgan fingerprint density at radius 2 is 2.36 bits per heavy atom. The molecule has 0 radical (unpaired) electrons. The first kappa shape index (κ1) is 8.49. The first-order valence-corrected chi connectivity index (χ1v) is 3.82. The first-order chi connectivity index (χ1) is 5.11. The predicted molar refractivity (Wildman–Crippen MR) is 43.9 cm³/mol. The topological polar surface area (TPSA) is 50.2 Å². The maximum absolute atomic E-state index is 10.4. The lowest BCUT2D eigenvalue weighted by molar-refractivity contribution is 0.0697. The summed E-state index contributed by atoms with van der Waals surface area (Å²) in [4.78, 5) is 14.2. The number of aromatic nitrogens is 1. The molecule has 0 bridgehead atoms. The van der Waals surface area contributed by atoms with Crippen LogP contribution in [-0.4, -0.2) is 16.1 Å². The van der Waals surface area contributed by atoms with Crippen LogP contribution in [0.3, 0.4) is 0 Å². The van der Waals surface area contributed by atoms with Crippen LogP contribution in [-0.2, 0) is 0 Å². The van der Waals surface area contributed by atoms with Crippen molar-refractivity contribution in [3.8, 4) is 0 Å². The van der Waals surface area contributed by atoms with E-state index in [-0.39, 0.29) is 10.6 Å². The molecule has 0 spiro atoms. The highest BCUT2D eigenvalue weighted by atomic mass is 79.9. The monoisotopic (exact) mass is 235 g/mol. The second-order valence-corrected chi connectivity index (χ2v) is 3.01. The summed E-state index contributed by atoms with van der Waals surface area (Å²) in [7, 11) is 0. The zero-order chi connectivity index (χ0) is 8.43. The molecule has 0 amide bonds. The summed E-state index contributed by atoms with van der Waals surface area (Å²) in [6.07, 6.45) is 1.29. The van der Waals surface area contributed by atoms with E-state index in [4.69, 9.17) is 16.7 Å². The fourth-order valence-corrected chi connectivity index (χ4v) is 1.09. The van der Waals surface area contributed by atoms with E-state index in [2.05, 4.69) is 20.9 Å². The largest absolute Gasteiger partial charge is 0.478 e. The molecule has 0 aliphatic heterocycles. The van der Waals surface area contributed by atoms with E-state index in [1.54, 1.807) is 0 Å². The average Bonchev–Trinajstić information content (AvgIpc) is 1.94. The number of hydrogen-bond donors (Lipinski definition) is 1. The van der Waals surface area contributed by atoms with E-state index < -0.39 is 5.97 Å². The van der Waals surface area contributed by atoms with Crippen molar-refractivity contribution >= 4 is 33.5 Å². The van der Waals surface area contributed by atoms with Gasteiger partial charge in [0, 0.05) is 6.20 Å². The molecule has 0 atom stereocenters. The molecule has 0 aromatic carbocycles. The molecule has 11 heavy (non-hydrogen) atoms. The molecule has 0 aliphatic carbocycles. The summed E-state index contributed by atoms with van der Waals surface area (Å²) < 4.78 is 0.458. The molecule has 1 aromatic heterocycles. The van der Waals surface area contributed by atoms with Gasteiger partial charge in [0.15, 0.2) is 0 Å². The van der Waals surface area contributed by atoms with Gasteiger partial charge < -0.3 is 5.11 Å². The number of halogens is 2. The number of hydrogen-bond acceptors (Lipinski definition) is 2. The third-order valence-electron chi connectivity index (χ3n) is 1.05. The fourth-order valence-electron chi connectivity index (χ4n) is 0.577. The van der Waals surface area contributed by atoms with Gasteiger partial charge in [0.05, 0.1) is 10.6 Å². The second-order valence-electron chi connectivity index (χ2n) is 1.79. The standard InChI is InChI=1S/C6H3BrClNO2/c7-5-1-3(6(10)11)4(8)2-9-5/h1-2H,(H,10,11). The van der Waals surface area contributed by atoms with Crippen molar-refractivity contribution in [1.82, 2.24) is 4.98 Å². The molecule has 3 nitrogen and oxygen atoms in total. The van der Waals surface area contributed by atoms with Gasteiger partial charge in [-0.25, -0.2) is 9.78 Å². The molecule has 0 unspecified atom stereocenters. The number of carboxylic acids is 1. The predicted octanol–water partition coefficient (Wildman–Crippen LogP) is 2.20. The van der Waals surface area contributed by atoms with Crippen LogP contribution in [0.4, 0.5) is 0 Å². The lowest BCUT2D eigenvalue weighted by atomic mass is 10.3. The minimum Gasteiger partial charge on any atom is -0.478 e. The average molecular weight is 236 g/mol. The van der Waals surface area contributed by atoms with Gasteiger partial charge in [-0.3, -0.25) is 0 Å². The molecule has 58 valence electrons. The Bertz CT molecular complexity index is 303. The Hall–Kier alpha value is -0.610. The third-order valence-corrected chi connectivity index (χ3v) is 1.79. The van der Waals surface area contributed by atoms with Gasteiger partial charge in [-0.2, -0.15) is 0 Å². The smallest absolute Gasteiger partial charge is 0.337 e. The molecule has 0 saturated carbocycles. The van der Waals surface area contributed by atoms with Crippen molar-refractivity contribution in [2.75, 3.05) is 0 Å². The van der Waals surface area contributed by atoms with Crippen LogP contribution in [0.5, 0.6) is 0 Å². The third kappa shape index (κ3) is 1.91. The van der Waals surface area contributed by atoms with Crippen molar-refractivity contribution in [1.29, 1.82) is 0 Å². The molecule has 5 heteroatoms. The summed E-state index contributed by atoms with van der Waals surface area (Å²) >= 11 is 8.56. The molecule has 0 saturated heterocycles. The number of rotatable bonds is 1. The Balaban J connectivity index is 3.23. The van der Waals surface area contributed by atoms with Crippen LogP contribution >= 0.6 is 27.5 Å². The van der Waals surface area contributed by atoms with E-state index in [1.807, 2.05) is 0 Å². The van der Waals surface area contributed by atoms with Crippen LogP contribution < -0.4 is 0 Å². The highest BCUT2D eigenvalue weighted by molar-refractivity contribution is 9.10. The summed E-state index contributed by atoms with van der Waals surface area (Å²) in [5.41, 5.74) is 0.0496. The fraction of sp³-hybridized carbons (Fsp3) is 0. The first-order valence-electron chi connectivity index (χ1n) is 2.65. The summed E-state index contributed by atoms with van der Waals surface area (Å²) in [6.45, 7) is 0. The van der Waals surface area contributed by atoms with Crippen molar-refractivity contribution in [3.05, 3.63) is 27.5 Å². The van der Waals surface area contributed by atoms with Gasteiger partial charge in [-0.1, -0.05) is 11.6 Å². The van der Waals surface area contributed by atoms with Gasteiger partial charge >= 0.3 is 5.97 Å². The highest BCUT2D eigenvalue weighted by Crippen LogP contribution is 2.17. The second kappa shape index (κ2) is 3.19. The molecule has 0 fully saturated rings. The molecule has 1 rings (SSSR count). The number of pyridine rings is 1. The summed E-state index contributed by atoms with van der Waals surface area (Å²) in [5, 5.41) is 8.70. The Morgan fingerprint density at radius 1 is 1.73 bits per heavy atom. The van der Waals surface area contributed by atoms with Gasteiger partial charge in [0.25, 0.3) is 0 Å². The Morgan fingerprint density at radius 3 is 2.82 bits per heavy atom. The van der Waals surface area contributed by atoms with Gasteiger partial charge in [-0.05, 0) is 22.0 Å². The maximum atomic E-state index is 10.4. The lowest BCUT2D eigenvalue weighted by Crippen LogP contribution is -1.97. The number of carbonyl (C=O) groups is 1. The van der Waals surface area contributed by atoms with Crippen LogP contribution in [0.25, 0.3) is 0 Å². The summed E-state index contributed by atoms with van der Waals surface area (Å²) in [6, 6.07) is 1.35. The zero-order valence-electron chi connectivity index (χ0n) is 5.21. The quantitative estimate of drug-likeness (QED) is 0.761. The van der Waals surface area contributed by atoms with Crippen LogP contribution in [0.15, 0.2) is 16.9 Å². The van der Waals surface area contributed by atoms with E-state index >= 15 is 0 Å². The van der Waals surface area contributed by atoms with Crippen molar-refractivity contribution in [2.24, 2.45) is 0 Å². The van der Waals surface area contributed by atoms with E-state index in [9.17, 15) is 4.79 Å². The minimum absolute atomic E-state index is 0.0496. The van der Waals surface area contributed by atoms with Crippen LogP contribution in [0.1, 0.15) is 10.4 Å².